The van der Waals surface area contributed by atoms with Crippen molar-refractivity contribution in [3.05, 3.63) is 113 Å². The number of aromatic hydroxyl groups is 1. The molecule has 0 saturated carbocycles. The number of rotatable bonds is 8. The molecule has 3 N–H and O–H groups in total. The number of carbonyl (C=O) groups excluding carboxylic acids is 1. The van der Waals surface area contributed by atoms with Gasteiger partial charge >= 0.3 is 0 Å². The number of halogens is 1. The highest BCUT2D eigenvalue weighted by molar-refractivity contribution is 5.93. The van der Waals surface area contributed by atoms with Gasteiger partial charge in [0.25, 0.3) is 0 Å². The van der Waals surface area contributed by atoms with Crippen molar-refractivity contribution in [2.45, 2.75) is 25.9 Å². The lowest BCUT2D eigenvalue weighted by Crippen LogP contribution is -2.22. The van der Waals surface area contributed by atoms with E-state index in [0.29, 0.717) is 16.9 Å². The molecule has 3 aromatic carbocycles. The summed E-state index contributed by atoms with van der Waals surface area (Å²) < 4.78 is 19.4. The summed E-state index contributed by atoms with van der Waals surface area (Å²) in [5, 5.41) is 9.54. The predicted octanol–water partition coefficient (Wildman–Crippen LogP) is 5.70. The molecule has 0 fully saturated rings. The molecule has 1 amide bonds. The van der Waals surface area contributed by atoms with Crippen molar-refractivity contribution in [3.63, 3.8) is 0 Å². The third-order valence-corrected chi connectivity index (χ3v) is 6.22. The maximum Gasteiger partial charge on any atom is 0.248 e. The van der Waals surface area contributed by atoms with Crippen LogP contribution >= 0.6 is 0 Å². The number of hydrogen-bond acceptors (Lipinski definition) is 5. The van der Waals surface area contributed by atoms with Crippen LogP contribution in [0.5, 0.6) is 11.5 Å². The van der Waals surface area contributed by atoms with Crippen molar-refractivity contribution < 1.29 is 19.0 Å². The Morgan fingerprint density at radius 1 is 1.03 bits per heavy atom. The number of primary amides is 1. The highest BCUT2D eigenvalue weighted by atomic mass is 19.1. The van der Waals surface area contributed by atoms with Crippen molar-refractivity contribution in [1.82, 2.24) is 4.98 Å². The number of ether oxygens (including phenoxy) is 1. The monoisotopic (exact) mass is 485 g/mol. The van der Waals surface area contributed by atoms with E-state index in [0.717, 1.165) is 22.6 Å². The normalized spacial score (nSPS) is 11.2. The SMILES string of the molecule is CN(c1ccc(O)cc1)c1ccc(C(C)(C)c2cc(OCc3cccc(F)c3)cc(C(N)=O)c2)nc1. The zero-order chi connectivity index (χ0) is 25.9. The first-order chi connectivity index (χ1) is 17.1. The Bertz CT molecular complexity index is 1370. The minimum atomic E-state index is -0.571. The summed E-state index contributed by atoms with van der Waals surface area (Å²) in [5.41, 5.74) is 9.41. The topological polar surface area (TPSA) is 88.7 Å². The fraction of sp³-hybridized carbons (Fsp3) is 0.172. The van der Waals surface area contributed by atoms with Gasteiger partial charge in [0.1, 0.15) is 23.9 Å². The second-order valence-corrected chi connectivity index (χ2v) is 9.13. The van der Waals surface area contributed by atoms with Crippen LogP contribution in [-0.2, 0) is 12.0 Å². The van der Waals surface area contributed by atoms with Gasteiger partial charge in [-0.25, -0.2) is 4.39 Å². The van der Waals surface area contributed by atoms with Gasteiger partial charge in [-0.3, -0.25) is 9.78 Å². The summed E-state index contributed by atoms with van der Waals surface area (Å²) in [7, 11) is 1.92. The maximum absolute atomic E-state index is 13.5. The molecule has 36 heavy (non-hydrogen) atoms. The molecule has 4 aromatic rings. The van der Waals surface area contributed by atoms with Crippen LogP contribution in [0, 0.1) is 5.82 Å². The zero-order valence-electron chi connectivity index (χ0n) is 20.4. The number of amides is 1. The number of pyridine rings is 1. The lowest BCUT2D eigenvalue weighted by Gasteiger charge is -2.27. The van der Waals surface area contributed by atoms with Crippen LogP contribution in [0.25, 0.3) is 0 Å². The molecule has 0 radical (unpaired) electrons. The highest BCUT2D eigenvalue weighted by Gasteiger charge is 2.27. The van der Waals surface area contributed by atoms with Gasteiger partial charge in [0.15, 0.2) is 0 Å². The van der Waals surface area contributed by atoms with Crippen LogP contribution < -0.4 is 15.4 Å². The van der Waals surface area contributed by atoms with E-state index in [9.17, 15) is 14.3 Å². The number of phenolic OH excluding ortho intramolecular Hbond substituents is 1. The number of anilines is 2. The maximum atomic E-state index is 13.5. The zero-order valence-corrected chi connectivity index (χ0v) is 20.4. The second kappa shape index (κ2) is 10.1. The molecule has 0 aliphatic rings. The van der Waals surface area contributed by atoms with Crippen LogP contribution in [0.3, 0.4) is 0 Å². The van der Waals surface area contributed by atoms with E-state index in [-0.39, 0.29) is 18.2 Å². The van der Waals surface area contributed by atoms with Gasteiger partial charge in [-0.05, 0) is 77.9 Å². The largest absolute Gasteiger partial charge is 0.508 e. The molecule has 1 aromatic heterocycles. The van der Waals surface area contributed by atoms with E-state index in [1.807, 2.05) is 56.1 Å². The summed E-state index contributed by atoms with van der Waals surface area (Å²) in [6, 6.07) is 22.2. The number of carbonyl (C=O) groups is 1. The van der Waals surface area contributed by atoms with Crippen LogP contribution in [0.15, 0.2) is 85.1 Å². The van der Waals surface area contributed by atoms with E-state index in [2.05, 4.69) is 0 Å². The van der Waals surface area contributed by atoms with E-state index >= 15 is 0 Å². The number of hydrogen-bond donors (Lipinski definition) is 2. The summed E-state index contributed by atoms with van der Waals surface area (Å²) >= 11 is 0. The summed E-state index contributed by atoms with van der Waals surface area (Å²) in [5.74, 6) is -0.237. The first-order valence-corrected chi connectivity index (χ1v) is 11.5. The number of nitrogens with two attached hydrogens (primary N) is 1. The molecule has 7 heteroatoms. The van der Waals surface area contributed by atoms with Crippen LogP contribution in [0.2, 0.25) is 0 Å². The highest BCUT2D eigenvalue weighted by Crippen LogP contribution is 2.35. The molecule has 4 rings (SSSR count). The van der Waals surface area contributed by atoms with Gasteiger partial charge in [0.05, 0.1) is 17.6 Å². The fourth-order valence-corrected chi connectivity index (χ4v) is 3.91. The van der Waals surface area contributed by atoms with Gasteiger partial charge in [-0.15, -0.1) is 0 Å². The van der Waals surface area contributed by atoms with Crippen molar-refractivity contribution in [2.75, 3.05) is 11.9 Å². The minimum Gasteiger partial charge on any atom is -0.508 e. The molecule has 0 atom stereocenters. The van der Waals surface area contributed by atoms with E-state index in [1.54, 1.807) is 42.6 Å². The Labute approximate surface area is 209 Å². The molecule has 0 aliphatic carbocycles. The van der Waals surface area contributed by atoms with Crippen molar-refractivity contribution >= 4 is 17.3 Å². The third kappa shape index (κ3) is 5.46. The van der Waals surface area contributed by atoms with Crippen LogP contribution in [-0.4, -0.2) is 23.0 Å². The molecule has 0 saturated heterocycles. The Morgan fingerprint density at radius 2 is 1.75 bits per heavy atom. The van der Waals surface area contributed by atoms with Gasteiger partial charge in [-0.1, -0.05) is 26.0 Å². The smallest absolute Gasteiger partial charge is 0.248 e. The molecule has 1 heterocycles. The molecule has 6 nitrogen and oxygen atoms in total. The summed E-state index contributed by atoms with van der Waals surface area (Å²) in [4.78, 5) is 18.7. The minimum absolute atomic E-state index is 0.149. The Balaban J connectivity index is 1.60. The summed E-state index contributed by atoms with van der Waals surface area (Å²) in [6.45, 7) is 4.17. The fourth-order valence-electron chi connectivity index (χ4n) is 3.91. The van der Waals surface area contributed by atoms with Gasteiger partial charge in [-0.2, -0.15) is 0 Å². The van der Waals surface area contributed by atoms with E-state index < -0.39 is 11.3 Å². The lowest BCUT2D eigenvalue weighted by molar-refractivity contribution is 0.0999. The first-order valence-electron chi connectivity index (χ1n) is 11.5. The van der Waals surface area contributed by atoms with Gasteiger partial charge in [0.2, 0.25) is 5.91 Å². The number of benzene rings is 3. The molecule has 184 valence electrons. The third-order valence-electron chi connectivity index (χ3n) is 6.22. The average molecular weight is 486 g/mol. The Hall–Kier alpha value is -4.39. The number of aromatic nitrogens is 1. The molecule has 0 spiro atoms. The van der Waals surface area contributed by atoms with Crippen LogP contribution in [0.4, 0.5) is 15.8 Å². The standard InChI is InChI=1S/C29H28FN3O3/c1-29(2,27-12-9-24(17-32-27)33(3)23-7-10-25(34)11-8-23)21-14-20(28(31)35)15-26(16-21)36-18-19-5-4-6-22(30)13-19/h4-17,34H,18H2,1-3H3,(H2,31,35). The van der Waals surface area contributed by atoms with E-state index in [4.69, 9.17) is 15.5 Å². The van der Waals surface area contributed by atoms with Gasteiger partial charge in [0, 0.05) is 23.7 Å². The number of phenols is 1. The number of nitrogens with zero attached hydrogens (tertiary/aromatic N) is 2. The molecular formula is C29H28FN3O3. The van der Waals surface area contributed by atoms with Crippen LogP contribution in [0.1, 0.15) is 41.0 Å². The van der Waals surface area contributed by atoms with Crippen molar-refractivity contribution in [1.29, 1.82) is 0 Å². The Morgan fingerprint density at radius 3 is 2.39 bits per heavy atom. The summed E-state index contributed by atoms with van der Waals surface area (Å²) in [6.07, 6.45) is 1.78. The molecule has 0 aliphatic heterocycles. The van der Waals surface area contributed by atoms with Crippen molar-refractivity contribution in [2.24, 2.45) is 5.73 Å². The molecular weight excluding hydrogens is 457 g/mol. The predicted molar refractivity (Wildman–Crippen MR) is 138 cm³/mol. The molecule has 0 unspecified atom stereocenters. The molecule has 0 bridgehead atoms. The van der Waals surface area contributed by atoms with E-state index in [1.165, 1.54) is 12.1 Å². The lowest BCUT2D eigenvalue weighted by atomic mass is 9.80. The van der Waals surface area contributed by atoms with Crippen molar-refractivity contribution in [3.8, 4) is 11.5 Å². The quantitative estimate of drug-likeness (QED) is 0.334. The Kier molecular flexibility index (Phi) is 6.92. The second-order valence-electron chi connectivity index (χ2n) is 9.13. The first kappa shape index (κ1) is 24.7. The average Bonchev–Trinajstić information content (AvgIpc) is 2.87. The van der Waals surface area contributed by atoms with Gasteiger partial charge < -0.3 is 20.5 Å².